The van der Waals surface area contributed by atoms with Crippen LogP contribution in [0.3, 0.4) is 0 Å². The molecule has 0 radical (unpaired) electrons. The second-order valence-electron chi connectivity index (χ2n) is 5.66. The Morgan fingerprint density at radius 2 is 2.11 bits per heavy atom. The van der Waals surface area contributed by atoms with Crippen molar-refractivity contribution in [2.24, 2.45) is 0 Å². The molecule has 0 fully saturated rings. The number of terminal acetylenes is 1. The quantitative estimate of drug-likeness (QED) is 0.630. The van der Waals surface area contributed by atoms with E-state index in [1.807, 2.05) is 19.1 Å². The summed E-state index contributed by atoms with van der Waals surface area (Å²) >= 11 is 0. The van der Waals surface area contributed by atoms with Crippen molar-refractivity contribution in [1.82, 2.24) is 10.3 Å². The molecule has 0 spiro atoms. The molecule has 0 aliphatic rings. The van der Waals surface area contributed by atoms with Crippen molar-refractivity contribution in [2.75, 3.05) is 6.61 Å². The van der Waals surface area contributed by atoms with Crippen molar-refractivity contribution in [3.8, 4) is 18.1 Å². The van der Waals surface area contributed by atoms with Crippen LogP contribution in [0, 0.1) is 19.3 Å². The molecular formula is C16H24N2O. The van der Waals surface area contributed by atoms with E-state index in [1.165, 1.54) is 0 Å². The normalized spacial score (nSPS) is 11.1. The fourth-order valence-corrected chi connectivity index (χ4v) is 1.56. The topological polar surface area (TPSA) is 34.1 Å². The molecule has 19 heavy (non-hydrogen) atoms. The Balaban J connectivity index is 2.66. The van der Waals surface area contributed by atoms with Gasteiger partial charge in [0.25, 0.3) is 0 Å². The minimum Gasteiger partial charge on any atom is -0.492 e. The van der Waals surface area contributed by atoms with E-state index in [2.05, 4.69) is 37.0 Å². The van der Waals surface area contributed by atoms with E-state index in [-0.39, 0.29) is 5.54 Å². The Morgan fingerprint density at radius 3 is 2.74 bits per heavy atom. The summed E-state index contributed by atoms with van der Waals surface area (Å²) in [5, 5.41) is 3.43. The van der Waals surface area contributed by atoms with Gasteiger partial charge in [-0.3, -0.25) is 4.98 Å². The maximum absolute atomic E-state index is 5.76. The number of nitrogens with one attached hydrogen (secondary N) is 1. The molecule has 1 aromatic heterocycles. The second-order valence-corrected chi connectivity index (χ2v) is 5.66. The maximum atomic E-state index is 5.76. The summed E-state index contributed by atoms with van der Waals surface area (Å²) in [6, 6.07) is 3.95. The van der Waals surface area contributed by atoms with Gasteiger partial charge in [0, 0.05) is 24.2 Å². The van der Waals surface area contributed by atoms with Gasteiger partial charge in [-0.2, -0.15) is 0 Å². The first kappa shape index (κ1) is 15.5. The molecule has 0 amide bonds. The van der Waals surface area contributed by atoms with Crippen molar-refractivity contribution >= 4 is 0 Å². The van der Waals surface area contributed by atoms with E-state index in [0.29, 0.717) is 13.2 Å². The highest BCUT2D eigenvalue weighted by atomic mass is 16.5. The Hall–Kier alpha value is -1.53. The van der Waals surface area contributed by atoms with Gasteiger partial charge in [-0.05, 0) is 46.2 Å². The van der Waals surface area contributed by atoms with Gasteiger partial charge >= 0.3 is 0 Å². The van der Waals surface area contributed by atoms with Crippen LogP contribution >= 0.6 is 0 Å². The number of aryl methyl sites for hydroxylation is 1. The van der Waals surface area contributed by atoms with Gasteiger partial charge in [0.15, 0.2) is 0 Å². The number of ether oxygens (including phenoxy) is 1. The molecule has 3 heteroatoms. The summed E-state index contributed by atoms with van der Waals surface area (Å²) in [6.07, 6.45) is 6.84. The van der Waals surface area contributed by atoms with Crippen molar-refractivity contribution in [3.63, 3.8) is 0 Å². The van der Waals surface area contributed by atoms with Crippen molar-refractivity contribution in [1.29, 1.82) is 0 Å². The van der Waals surface area contributed by atoms with Gasteiger partial charge in [0.2, 0.25) is 0 Å². The van der Waals surface area contributed by atoms with Crippen molar-refractivity contribution in [2.45, 2.75) is 52.6 Å². The molecule has 3 nitrogen and oxygen atoms in total. The third kappa shape index (κ3) is 6.26. The van der Waals surface area contributed by atoms with Crippen LogP contribution < -0.4 is 10.1 Å². The van der Waals surface area contributed by atoms with E-state index in [0.717, 1.165) is 30.0 Å². The van der Waals surface area contributed by atoms with Crippen LogP contribution in [-0.2, 0) is 6.54 Å². The molecule has 104 valence electrons. The molecule has 0 saturated carbocycles. The zero-order valence-corrected chi connectivity index (χ0v) is 12.4. The lowest BCUT2D eigenvalue weighted by molar-refractivity contribution is 0.304. The zero-order chi connectivity index (χ0) is 14.3. The van der Waals surface area contributed by atoms with E-state index < -0.39 is 0 Å². The lowest BCUT2D eigenvalue weighted by Gasteiger charge is -2.21. The molecule has 0 saturated heterocycles. The second kappa shape index (κ2) is 7.16. The van der Waals surface area contributed by atoms with E-state index in [1.54, 1.807) is 0 Å². The Morgan fingerprint density at radius 1 is 1.37 bits per heavy atom. The highest BCUT2D eigenvalue weighted by Gasteiger charge is 2.12. The first-order valence-electron chi connectivity index (χ1n) is 6.70. The molecule has 0 aliphatic heterocycles. The number of nitrogens with zero attached hydrogens (tertiary/aromatic N) is 1. The summed E-state index contributed by atoms with van der Waals surface area (Å²) in [5.74, 6) is 3.46. The summed E-state index contributed by atoms with van der Waals surface area (Å²) < 4.78 is 5.76. The predicted molar refractivity (Wildman–Crippen MR) is 79.1 cm³/mol. The average molecular weight is 260 g/mol. The molecule has 0 aliphatic carbocycles. The number of pyridine rings is 1. The smallest absolute Gasteiger partial charge is 0.142 e. The van der Waals surface area contributed by atoms with E-state index in [4.69, 9.17) is 11.2 Å². The van der Waals surface area contributed by atoms with Crippen LogP contribution in [0.5, 0.6) is 5.75 Å². The molecule has 1 aromatic rings. The minimum absolute atomic E-state index is 0.0617. The fraction of sp³-hybridized carbons (Fsp3) is 0.562. The number of hydrogen-bond acceptors (Lipinski definition) is 3. The summed E-state index contributed by atoms with van der Waals surface area (Å²) in [6.45, 7) is 9.73. The third-order valence-corrected chi connectivity index (χ3v) is 2.58. The van der Waals surface area contributed by atoms with Gasteiger partial charge in [-0.1, -0.05) is 0 Å². The first-order chi connectivity index (χ1) is 8.92. The molecule has 1 rings (SSSR count). The SMILES string of the molecule is C#CCCCOc1ccc(C)nc1CNC(C)(C)C. The molecule has 0 aromatic carbocycles. The minimum atomic E-state index is 0.0617. The summed E-state index contributed by atoms with van der Waals surface area (Å²) in [7, 11) is 0. The van der Waals surface area contributed by atoms with Gasteiger partial charge < -0.3 is 10.1 Å². The molecular weight excluding hydrogens is 236 g/mol. The highest BCUT2D eigenvalue weighted by molar-refractivity contribution is 5.29. The Bertz CT molecular complexity index is 441. The van der Waals surface area contributed by atoms with Crippen LogP contribution in [0.15, 0.2) is 12.1 Å². The van der Waals surface area contributed by atoms with Crippen LogP contribution in [0.2, 0.25) is 0 Å². The van der Waals surface area contributed by atoms with Gasteiger partial charge in [0.05, 0.1) is 12.3 Å². The third-order valence-electron chi connectivity index (χ3n) is 2.58. The molecule has 1 heterocycles. The van der Waals surface area contributed by atoms with E-state index >= 15 is 0 Å². The lowest BCUT2D eigenvalue weighted by Crippen LogP contribution is -2.35. The molecule has 1 N–H and O–H groups in total. The lowest BCUT2D eigenvalue weighted by atomic mass is 10.1. The largest absolute Gasteiger partial charge is 0.492 e. The number of unbranched alkanes of at least 4 members (excludes halogenated alkanes) is 1. The van der Waals surface area contributed by atoms with Gasteiger partial charge in [-0.25, -0.2) is 0 Å². The molecule has 0 bridgehead atoms. The monoisotopic (exact) mass is 260 g/mol. The number of rotatable bonds is 6. The van der Waals surface area contributed by atoms with Crippen molar-refractivity contribution in [3.05, 3.63) is 23.5 Å². The summed E-state index contributed by atoms with van der Waals surface area (Å²) in [4.78, 5) is 4.55. The van der Waals surface area contributed by atoms with Crippen LogP contribution in [0.4, 0.5) is 0 Å². The maximum Gasteiger partial charge on any atom is 0.142 e. The first-order valence-corrected chi connectivity index (χ1v) is 6.70. The van der Waals surface area contributed by atoms with Crippen LogP contribution in [0.1, 0.15) is 45.0 Å². The Kier molecular flexibility index (Phi) is 5.85. The van der Waals surface area contributed by atoms with Crippen LogP contribution in [-0.4, -0.2) is 17.1 Å². The summed E-state index contributed by atoms with van der Waals surface area (Å²) in [5.41, 5.74) is 2.02. The van der Waals surface area contributed by atoms with Crippen molar-refractivity contribution < 1.29 is 4.74 Å². The predicted octanol–water partition coefficient (Wildman–Crippen LogP) is 3.07. The van der Waals surface area contributed by atoms with Gasteiger partial charge in [-0.15, -0.1) is 12.3 Å². The molecule has 0 unspecified atom stereocenters. The average Bonchev–Trinajstić information content (AvgIpc) is 2.33. The highest BCUT2D eigenvalue weighted by Crippen LogP contribution is 2.18. The zero-order valence-electron chi connectivity index (χ0n) is 12.4. The van der Waals surface area contributed by atoms with Crippen LogP contribution in [0.25, 0.3) is 0 Å². The fourth-order valence-electron chi connectivity index (χ4n) is 1.56. The Labute approximate surface area is 116 Å². The molecule has 0 atom stereocenters. The van der Waals surface area contributed by atoms with Gasteiger partial charge in [0.1, 0.15) is 5.75 Å². The number of hydrogen-bond donors (Lipinski definition) is 1. The number of aromatic nitrogens is 1. The standard InChI is InChI=1S/C16H24N2O/c1-6-7-8-11-19-15-10-9-13(2)18-14(15)12-17-16(3,4)5/h1,9-10,17H,7-8,11-12H2,2-5H3. The van der Waals surface area contributed by atoms with E-state index in [9.17, 15) is 0 Å².